The van der Waals surface area contributed by atoms with E-state index < -0.39 is 0 Å². The topological polar surface area (TPSA) is 125 Å². The molecule has 4 rings (SSSR count). The van der Waals surface area contributed by atoms with E-state index >= 15 is 0 Å². The molecule has 0 aliphatic carbocycles. The molecule has 1 N–H and O–H groups in total. The predicted molar refractivity (Wildman–Crippen MR) is 132 cm³/mol. The van der Waals surface area contributed by atoms with Gasteiger partial charge in [-0.05, 0) is 24.0 Å². The highest BCUT2D eigenvalue weighted by atomic mass is 35.5. The molecule has 11 heteroatoms. The van der Waals surface area contributed by atoms with E-state index in [-0.39, 0.29) is 29.4 Å². The van der Waals surface area contributed by atoms with Crippen LogP contribution in [0, 0.1) is 6.92 Å². The molecule has 0 aliphatic rings. The van der Waals surface area contributed by atoms with Crippen molar-refractivity contribution in [1.82, 2.24) is 34.9 Å². The van der Waals surface area contributed by atoms with E-state index in [0.29, 0.717) is 22.7 Å². The molecule has 0 amide bonds. The zero-order valence-corrected chi connectivity index (χ0v) is 21.3. The molecule has 0 aliphatic heterocycles. The number of rotatable bonds is 7. The van der Waals surface area contributed by atoms with Crippen LogP contribution in [0.1, 0.15) is 67.7 Å². The lowest BCUT2D eigenvalue weighted by Crippen LogP contribution is -2.13. The van der Waals surface area contributed by atoms with E-state index in [4.69, 9.17) is 16.1 Å². The Morgan fingerprint density at radius 3 is 2.66 bits per heavy atom. The predicted octanol–water partition coefficient (Wildman–Crippen LogP) is 5.03. The van der Waals surface area contributed by atoms with Crippen molar-refractivity contribution in [3.05, 3.63) is 58.7 Å². The number of nitrogens with one attached hydrogen (secondary N) is 1. The number of ketones is 1. The summed E-state index contributed by atoms with van der Waals surface area (Å²) in [6, 6.07) is 3.81. The average Bonchev–Trinajstić information content (AvgIpc) is 3.45. The Balaban J connectivity index is 1.53. The molecular weight excluding hydrogens is 468 g/mol. The van der Waals surface area contributed by atoms with Crippen molar-refractivity contribution < 1.29 is 9.32 Å². The van der Waals surface area contributed by atoms with Crippen molar-refractivity contribution in [1.29, 1.82) is 0 Å². The van der Waals surface area contributed by atoms with Crippen molar-refractivity contribution in [3.63, 3.8) is 0 Å². The van der Waals surface area contributed by atoms with Crippen LogP contribution in [0.5, 0.6) is 0 Å². The summed E-state index contributed by atoms with van der Waals surface area (Å²) in [6.45, 7) is 9.70. The Morgan fingerprint density at radius 2 is 2.00 bits per heavy atom. The molecule has 3 aromatic heterocycles. The monoisotopic (exact) mass is 494 g/mol. The first kappa shape index (κ1) is 24.5. The Morgan fingerprint density at radius 1 is 1.23 bits per heavy atom. The molecule has 1 aromatic carbocycles. The number of Topliss-reactive ketones (excluding diaryl/α,β-unsaturated/α-hetero) is 1. The van der Waals surface area contributed by atoms with Gasteiger partial charge >= 0.3 is 0 Å². The Kier molecular flexibility index (Phi) is 6.66. The van der Waals surface area contributed by atoms with E-state index in [1.165, 1.54) is 6.33 Å². The summed E-state index contributed by atoms with van der Waals surface area (Å²) in [5, 5.41) is 11.7. The van der Waals surface area contributed by atoms with Gasteiger partial charge in [-0.15, -0.1) is 0 Å². The fourth-order valence-electron chi connectivity index (χ4n) is 3.55. The normalized spacial score (nSPS) is 12.5. The molecule has 35 heavy (non-hydrogen) atoms. The molecule has 3 heterocycles. The van der Waals surface area contributed by atoms with Gasteiger partial charge in [0.2, 0.25) is 23.4 Å². The highest BCUT2D eigenvalue weighted by Gasteiger charge is 2.26. The molecule has 4 aromatic rings. The van der Waals surface area contributed by atoms with Crippen LogP contribution in [0.4, 0.5) is 11.6 Å². The number of benzene rings is 1. The summed E-state index contributed by atoms with van der Waals surface area (Å²) in [4.78, 5) is 30.1. The SMILES string of the molecule is Cc1c(-c2ncnc(Nc3cnn(C)c3)n2)ccc([C@@H](C)CC(=O)c2noc(C(C)(C)C)n2)c1Cl. The molecular formula is C24H27ClN8O2. The number of carbonyl (C=O) groups excluding carboxylic acids is 1. The summed E-state index contributed by atoms with van der Waals surface area (Å²) in [6.07, 6.45) is 5.15. The van der Waals surface area contributed by atoms with Crippen LogP contribution in [0.15, 0.2) is 35.4 Å². The molecule has 0 saturated heterocycles. The van der Waals surface area contributed by atoms with Gasteiger partial charge in [0.15, 0.2) is 5.82 Å². The van der Waals surface area contributed by atoms with E-state index in [0.717, 1.165) is 22.4 Å². The van der Waals surface area contributed by atoms with Crippen molar-refractivity contribution >= 4 is 29.0 Å². The van der Waals surface area contributed by atoms with Crippen molar-refractivity contribution in [2.45, 2.75) is 52.4 Å². The molecule has 1 atom stereocenters. The largest absolute Gasteiger partial charge is 0.338 e. The number of hydrogen-bond acceptors (Lipinski definition) is 9. The first-order valence-corrected chi connectivity index (χ1v) is 11.5. The molecule has 0 fully saturated rings. The second kappa shape index (κ2) is 9.53. The summed E-state index contributed by atoms with van der Waals surface area (Å²) >= 11 is 6.75. The highest BCUT2D eigenvalue weighted by molar-refractivity contribution is 6.32. The van der Waals surface area contributed by atoms with Crippen LogP contribution in [0.2, 0.25) is 5.02 Å². The Labute approximate surface area is 208 Å². The maximum Gasteiger partial charge on any atom is 0.238 e. The molecule has 0 spiro atoms. The summed E-state index contributed by atoms with van der Waals surface area (Å²) in [7, 11) is 1.83. The summed E-state index contributed by atoms with van der Waals surface area (Å²) in [5.74, 6) is 1.06. The maximum absolute atomic E-state index is 12.8. The standard InChI is InChI=1S/C24H27ClN8O2/c1-13(9-18(34)21-30-22(35-32-21)24(3,4)5)16-7-8-17(14(2)19(16)25)20-26-12-27-23(31-20)29-15-10-28-33(6)11-15/h7-8,10-13H,9H2,1-6H3,(H,26,27,29,31)/t13-/m0/s1. The van der Waals surface area contributed by atoms with Crippen LogP contribution in [-0.4, -0.2) is 40.7 Å². The van der Waals surface area contributed by atoms with Crippen molar-refractivity contribution in [2.75, 3.05) is 5.32 Å². The van der Waals surface area contributed by atoms with Crippen molar-refractivity contribution in [3.8, 4) is 11.4 Å². The first-order chi connectivity index (χ1) is 16.5. The molecule has 0 unspecified atom stereocenters. The lowest BCUT2D eigenvalue weighted by molar-refractivity contribution is 0.0962. The number of aromatic nitrogens is 7. The second-order valence-corrected chi connectivity index (χ2v) is 9.88. The van der Waals surface area contributed by atoms with E-state index in [1.54, 1.807) is 10.9 Å². The van der Waals surface area contributed by atoms with E-state index in [1.807, 2.05) is 60.0 Å². The Bertz CT molecular complexity index is 1370. The third-order valence-electron chi connectivity index (χ3n) is 5.53. The minimum absolute atomic E-state index is 0.0880. The van der Waals surface area contributed by atoms with Gasteiger partial charge in [0, 0.05) is 35.7 Å². The third kappa shape index (κ3) is 5.37. The summed E-state index contributed by atoms with van der Waals surface area (Å²) < 4.78 is 6.94. The molecule has 0 bridgehead atoms. The smallest absolute Gasteiger partial charge is 0.238 e. The quantitative estimate of drug-likeness (QED) is 0.352. The molecule has 0 saturated carbocycles. The van der Waals surface area contributed by atoms with Gasteiger partial charge in [-0.25, -0.2) is 9.97 Å². The number of halogens is 1. The zero-order valence-electron chi connectivity index (χ0n) is 20.5. The van der Waals surface area contributed by atoms with E-state index in [9.17, 15) is 4.79 Å². The van der Waals surface area contributed by atoms with E-state index in [2.05, 4.69) is 35.5 Å². The van der Waals surface area contributed by atoms with Gasteiger partial charge in [0.05, 0.1) is 11.9 Å². The number of aryl methyl sites for hydroxylation is 1. The van der Waals surface area contributed by atoms with Crippen LogP contribution in [0.3, 0.4) is 0 Å². The second-order valence-electron chi connectivity index (χ2n) is 9.50. The summed E-state index contributed by atoms with van der Waals surface area (Å²) in [5.41, 5.74) is 2.89. The number of nitrogens with zero attached hydrogens (tertiary/aromatic N) is 7. The third-order valence-corrected chi connectivity index (χ3v) is 6.03. The van der Waals surface area contributed by atoms with Gasteiger partial charge in [-0.1, -0.05) is 56.6 Å². The molecule has 182 valence electrons. The average molecular weight is 495 g/mol. The fourth-order valence-corrected chi connectivity index (χ4v) is 3.90. The van der Waals surface area contributed by atoms with Crippen LogP contribution < -0.4 is 5.32 Å². The lowest BCUT2D eigenvalue weighted by atomic mass is 9.92. The minimum Gasteiger partial charge on any atom is -0.338 e. The Hall–Kier alpha value is -3.66. The zero-order chi connectivity index (χ0) is 25.3. The van der Waals surface area contributed by atoms with Gasteiger partial charge in [0.1, 0.15) is 6.33 Å². The lowest BCUT2D eigenvalue weighted by Gasteiger charge is -2.16. The van der Waals surface area contributed by atoms with Crippen LogP contribution in [0.25, 0.3) is 11.4 Å². The van der Waals surface area contributed by atoms with Crippen LogP contribution in [-0.2, 0) is 12.5 Å². The van der Waals surface area contributed by atoms with Gasteiger partial charge in [-0.3, -0.25) is 9.48 Å². The minimum atomic E-state index is -0.324. The van der Waals surface area contributed by atoms with Gasteiger partial charge < -0.3 is 9.84 Å². The maximum atomic E-state index is 12.8. The fraction of sp³-hybridized carbons (Fsp3) is 0.375. The van der Waals surface area contributed by atoms with Gasteiger partial charge in [-0.2, -0.15) is 15.1 Å². The molecule has 0 radical (unpaired) electrons. The number of hydrogen-bond donors (Lipinski definition) is 1. The van der Waals surface area contributed by atoms with Crippen LogP contribution >= 0.6 is 11.6 Å². The highest BCUT2D eigenvalue weighted by Crippen LogP contribution is 2.35. The first-order valence-electron chi connectivity index (χ1n) is 11.1. The number of carbonyl (C=O) groups is 1. The number of anilines is 2. The molecule has 10 nitrogen and oxygen atoms in total. The van der Waals surface area contributed by atoms with Crippen molar-refractivity contribution in [2.24, 2.45) is 7.05 Å². The van der Waals surface area contributed by atoms with Gasteiger partial charge in [0.25, 0.3) is 0 Å².